The smallest absolute Gasteiger partial charge is 0.0187 e. The molecule has 2 nitrogen and oxygen atoms in total. The first-order chi connectivity index (χ1) is 6.31. The molecule has 0 radical (unpaired) electrons. The summed E-state index contributed by atoms with van der Waals surface area (Å²) in [6, 6.07) is 0. The average molecular weight is 184 g/mol. The summed E-state index contributed by atoms with van der Waals surface area (Å²) in [6.07, 6.45) is 10.4. The standard InChI is InChI=1S/C11H24N2/c1-3-4-5-6-7-8-9-10-11(2)13-12/h13H,2-10,12H2,1H3. The van der Waals surface area contributed by atoms with Crippen LogP contribution in [0.5, 0.6) is 0 Å². The summed E-state index contributed by atoms with van der Waals surface area (Å²) in [5.74, 6) is 5.20. The Kier molecular flexibility index (Phi) is 9.22. The van der Waals surface area contributed by atoms with Gasteiger partial charge >= 0.3 is 0 Å². The molecule has 0 aromatic rings. The van der Waals surface area contributed by atoms with Crippen molar-refractivity contribution in [1.29, 1.82) is 0 Å². The quantitative estimate of drug-likeness (QED) is 0.328. The van der Waals surface area contributed by atoms with E-state index in [1.807, 2.05) is 0 Å². The molecule has 0 aromatic heterocycles. The predicted molar refractivity (Wildman–Crippen MR) is 59.1 cm³/mol. The van der Waals surface area contributed by atoms with E-state index in [4.69, 9.17) is 5.84 Å². The van der Waals surface area contributed by atoms with Crippen LogP contribution in [0, 0.1) is 0 Å². The molecule has 2 heteroatoms. The third-order valence-electron chi connectivity index (χ3n) is 2.29. The molecule has 78 valence electrons. The lowest BCUT2D eigenvalue weighted by molar-refractivity contribution is 0.582. The van der Waals surface area contributed by atoms with Gasteiger partial charge in [0.25, 0.3) is 0 Å². The second-order valence-electron chi connectivity index (χ2n) is 3.62. The van der Waals surface area contributed by atoms with E-state index in [0.717, 1.165) is 12.1 Å². The number of nitrogens with two attached hydrogens (primary N) is 1. The fourth-order valence-electron chi connectivity index (χ4n) is 1.37. The fraction of sp³-hybridized carbons (Fsp3) is 0.818. The molecule has 0 aliphatic carbocycles. The Hall–Kier alpha value is -0.500. The second-order valence-corrected chi connectivity index (χ2v) is 3.62. The highest BCUT2D eigenvalue weighted by Crippen LogP contribution is 2.09. The number of allylic oxidation sites excluding steroid dienone is 1. The molecule has 0 fully saturated rings. The first-order valence-electron chi connectivity index (χ1n) is 5.45. The van der Waals surface area contributed by atoms with E-state index in [0.29, 0.717) is 0 Å². The maximum Gasteiger partial charge on any atom is 0.0187 e. The molecule has 0 bridgehead atoms. The number of nitrogens with one attached hydrogen (secondary N) is 1. The van der Waals surface area contributed by atoms with E-state index in [-0.39, 0.29) is 0 Å². The maximum absolute atomic E-state index is 5.20. The van der Waals surface area contributed by atoms with E-state index in [9.17, 15) is 0 Å². The van der Waals surface area contributed by atoms with Crippen molar-refractivity contribution >= 4 is 0 Å². The van der Waals surface area contributed by atoms with Crippen molar-refractivity contribution in [1.82, 2.24) is 5.43 Å². The van der Waals surface area contributed by atoms with Crippen molar-refractivity contribution in [2.75, 3.05) is 0 Å². The Bertz CT molecular complexity index is 121. The summed E-state index contributed by atoms with van der Waals surface area (Å²) < 4.78 is 0. The van der Waals surface area contributed by atoms with Crippen molar-refractivity contribution in [2.45, 2.75) is 58.3 Å². The fourth-order valence-corrected chi connectivity index (χ4v) is 1.37. The number of hydrogen-bond donors (Lipinski definition) is 2. The van der Waals surface area contributed by atoms with Crippen LogP contribution in [-0.4, -0.2) is 0 Å². The molecule has 0 rings (SSSR count). The largest absolute Gasteiger partial charge is 0.329 e. The SMILES string of the molecule is C=C(CCCCCCCCC)NN. The van der Waals surface area contributed by atoms with Crippen LogP contribution in [0.15, 0.2) is 12.3 Å². The third-order valence-corrected chi connectivity index (χ3v) is 2.29. The molecule has 0 amide bonds. The molecule has 0 aliphatic heterocycles. The van der Waals surface area contributed by atoms with Gasteiger partial charge in [0.15, 0.2) is 0 Å². The molecule has 13 heavy (non-hydrogen) atoms. The van der Waals surface area contributed by atoms with Gasteiger partial charge in [0.2, 0.25) is 0 Å². The summed E-state index contributed by atoms with van der Waals surface area (Å²) in [5, 5.41) is 0. The van der Waals surface area contributed by atoms with Crippen LogP contribution in [-0.2, 0) is 0 Å². The van der Waals surface area contributed by atoms with Crippen LogP contribution in [0.25, 0.3) is 0 Å². The number of unbranched alkanes of at least 4 members (excludes halogenated alkanes) is 6. The third kappa shape index (κ3) is 9.41. The van der Waals surface area contributed by atoms with Gasteiger partial charge in [-0.2, -0.15) is 0 Å². The topological polar surface area (TPSA) is 38.0 Å². The van der Waals surface area contributed by atoms with Crippen LogP contribution in [0.4, 0.5) is 0 Å². The zero-order valence-corrected chi connectivity index (χ0v) is 8.94. The van der Waals surface area contributed by atoms with Gasteiger partial charge in [-0.1, -0.05) is 52.0 Å². The van der Waals surface area contributed by atoms with Gasteiger partial charge in [0.1, 0.15) is 0 Å². The normalized spacial score (nSPS) is 10.0. The van der Waals surface area contributed by atoms with Crippen LogP contribution in [0.1, 0.15) is 58.3 Å². The van der Waals surface area contributed by atoms with Gasteiger partial charge in [-0.05, 0) is 12.8 Å². The van der Waals surface area contributed by atoms with Crippen molar-refractivity contribution in [3.63, 3.8) is 0 Å². The van der Waals surface area contributed by atoms with E-state index >= 15 is 0 Å². The molecule has 0 aromatic carbocycles. The van der Waals surface area contributed by atoms with Gasteiger partial charge in [0.05, 0.1) is 0 Å². The van der Waals surface area contributed by atoms with Gasteiger partial charge in [-0.3, -0.25) is 5.84 Å². The highest BCUT2D eigenvalue weighted by Gasteiger charge is 1.92. The number of rotatable bonds is 9. The number of hydrazine groups is 1. The van der Waals surface area contributed by atoms with Crippen molar-refractivity contribution < 1.29 is 0 Å². The van der Waals surface area contributed by atoms with Crippen LogP contribution in [0.2, 0.25) is 0 Å². The summed E-state index contributed by atoms with van der Waals surface area (Å²) in [5.41, 5.74) is 3.53. The minimum atomic E-state index is 0.952. The first-order valence-corrected chi connectivity index (χ1v) is 5.45. The van der Waals surface area contributed by atoms with Gasteiger partial charge in [-0.25, -0.2) is 0 Å². The zero-order chi connectivity index (χ0) is 9.94. The monoisotopic (exact) mass is 184 g/mol. The molecule has 0 spiro atoms. The van der Waals surface area contributed by atoms with Gasteiger partial charge < -0.3 is 5.43 Å². The lowest BCUT2D eigenvalue weighted by Gasteiger charge is -2.03. The average Bonchev–Trinajstić information content (AvgIpc) is 2.16. The molecule has 0 heterocycles. The molecular weight excluding hydrogens is 160 g/mol. The van der Waals surface area contributed by atoms with E-state index in [1.54, 1.807) is 0 Å². The van der Waals surface area contributed by atoms with Crippen LogP contribution < -0.4 is 11.3 Å². The summed E-state index contributed by atoms with van der Waals surface area (Å²) in [7, 11) is 0. The minimum Gasteiger partial charge on any atom is -0.329 e. The van der Waals surface area contributed by atoms with E-state index in [2.05, 4.69) is 18.9 Å². The molecule has 0 saturated carbocycles. The molecule has 0 saturated heterocycles. The zero-order valence-electron chi connectivity index (χ0n) is 8.94. The predicted octanol–water partition coefficient (Wildman–Crippen LogP) is 3.10. The highest BCUT2D eigenvalue weighted by atomic mass is 15.2. The lowest BCUT2D eigenvalue weighted by atomic mass is 10.1. The Morgan fingerprint density at radius 2 is 1.62 bits per heavy atom. The highest BCUT2D eigenvalue weighted by molar-refractivity contribution is 4.87. The van der Waals surface area contributed by atoms with E-state index < -0.39 is 0 Å². The Balaban J connectivity index is 2.95. The second kappa shape index (κ2) is 9.59. The Morgan fingerprint density at radius 1 is 1.08 bits per heavy atom. The van der Waals surface area contributed by atoms with Crippen LogP contribution >= 0.6 is 0 Å². The summed E-state index contributed by atoms with van der Waals surface area (Å²) in [6.45, 7) is 6.03. The number of hydrogen-bond acceptors (Lipinski definition) is 2. The van der Waals surface area contributed by atoms with Crippen LogP contribution in [0.3, 0.4) is 0 Å². The van der Waals surface area contributed by atoms with E-state index in [1.165, 1.54) is 44.9 Å². The van der Waals surface area contributed by atoms with Crippen molar-refractivity contribution in [2.24, 2.45) is 5.84 Å². The molecule has 0 aliphatic rings. The Labute approximate surface area is 82.6 Å². The molecule has 0 atom stereocenters. The van der Waals surface area contributed by atoms with Crippen molar-refractivity contribution in [3.8, 4) is 0 Å². The van der Waals surface area contributed by atoms with Crippen molar-refractivity contribution in [3.05, 3.63) is 12.3 Å². The molecule has 3 N–H and O–H groups in total. The molecular formula is C11H24N2. The molecule has 0 unspecified atom stereocenters. The maximum atomic E-state index is 5.20. The van der Waals surface area contributed by atoms with Gasteiger partial charge in [-0.15, -0.1) is 0 Å². The van der Waals surface area contributed by atoms with Gasteiger partial charge in [0, 0.05) is 5.70 Å². The Morgan fingerprint density at radius 3 is 2.15 bits per heavy atom. The lowest BCUT2D eigenvalue weighted by Crippen LogP contribution is -2.19. The summed E-state index contributed by atoms with van der Waals surface area (Å²) in [4.78, 5) is 0. The first kappa shape index (κ1) is 12.5. The summed E-state index contributed by atoms with van der Waals surface area (Å²) >= 11 is 0. The minimum absolute atomic E-state index is 0.952.